The summed E-state index contributed by atoms with van der Waals surface area (Å²) in [6, 6.07) is 8.55. The highest BCUT2D eigenvalue weighted by molar-refractivity contribution is 7.80. The number of hydrogen-bond donors (Lipinski definition) is 2. The summed E-state index contributed by atoms with van der Waals surface area (Å²) in [7, 11) is 0. The monoisotopic (exact) mass is 249 g/mol. The Kier molecular flexibility index (Phi) is 5.10. The van der Waals surface area contributed by atoms with E-state index in [2.05, 4.69) is 47.0 Å². The standard InChI is InChI=1S/C13H19N3S/c1-9(2)14-13(17)16-15-11(4)12-7-5-10(3)6-8-12/h5-9H,1-4H3,(H2,14,16,17)/b15-11+. The molecule has 92 valence electrons. The van der Waals surface area contributed by atoms with E-state index in [1.807, 2.05) is 20.8 Å². The van der Waals surface area contributed by atoms with Crippen LogP contribution in [0.3, 0.4) is 0 Å². The van der Waals surface area contributed by atoms with E-state index in [4.69, 9.17) is 12.2 Å². The molecule has 0 radical (unpaired) electrons. The van der Waals surface area contributed by atoms with Crippen molar-refractivity contribution in [2.45, 2.75) is 33.7 Å². The molecule has 0 spiro atoms. The number of benzene rings is 1. The summed E-state index contributed by atoms with van der Waals surface area (Å²) in [5.41, 5.74) is 6.09. The van der Waals surface area contributed by atoms with Crippen LogP contribution in [0.25, 0.3) is 0 Å². The minimum atomic E-state index is 0.310. The Labute approximate surface area is 108 Å². The van der Waals surface area contributed by atoms with E-state index < -0.39 is 0 Å². The molecule has 0 bridgehead atoms. The Balaban J connectivity index is 2.60. The zero-order chi connectivity index (χ0) is 12.8. The van der Waals surface area contributed by atoms with Gasteiger partial charge < -0.3 is 5.32 Å². The Morgan fingerprint density at radius 2 is 1.82 bits per heavy atom. The minimum Gasteiger partial charge on any atom is -0.359 e. The first-order chi connectivity index (χ1) is 7.99. The van der Waals surface area contributed by atoms with Gasteiger partial charge in [0.05, 0.1) is 5.71 Å². The number of nitrogens with zero attached hydrogens (tertiary/aromatic N) is 1. The summed E-state index contributed by atoms with van der Waals surface area (Å²) in [5.74, 6) is 0. The van der Waals surface area contributed by atoms with Crippen LogP contribution in [-0.4, -0.2) is 16.9 Å². The Morgan fingerprint density at radius 1 is 1.24 bits per heavy atom. The molecular formula is C13H19N3S. The van der Waals surface area contributed by atoms with Gasteiger partial charge in [0, 0.05) is 6.04 Å². The highest BCUT2D eigenvalue weighted by Crippen LogP contribution is 2.04. The SMILES string of the molecule is C/C(=N\NC(=S)NC(C)C)c1ccc(C)cc1. The maximum Gasteiger partial charge on any atom is 0.187 e. The van der Waals surface area contributed by atoms with Crippen molar-refractivity contribution in [1.82, 2.24) is 10.7 Å². The lowest BCUT2D eigenvalue weighted by molar-refractivity contribution is 0.719. The minimum absolute atomic E-state index is 0.310. The van der Waals surface area contributed by atoms with Crippen molar-refractivity contribution in [3.63, 3.8) is 0 Å². The molecule has 3 nitrogen and oxygen atoms in total. The van der Waals surface area contributed by atoms with Crippen molar-refractivity contribution < 1.29 is 0 Å². The third-order valence-corrected chi connectivity index (χ3v) is 2.42. The fraction of sp³-hybridized carbons (Fsp3) is 0.385. The summed E-state index contributed by atoms with van der Waals surface area (Å²) in [6.07, 6.45) is 0. The Hall–Kier alpha value is -1.42. The maximum absolute atomic E-state index is 5.09. The van der Waals surface area contributed by atoms with Crippen LogP contribution in [0.15, 0.2) is 29.4 Å². The van der Waals surface area contributed by atoms with Crippen molar-refractivity contribution in [2.24, 2.45) is 5.10 Å². The third kappa shape index (κ3) is 4.95. The Morgan fingerprint density at radius 3 is 2.35 bits per heavy atom. The largest absolute Gasteiger partial charge is 0.359 e. The molecule has 2 N–H and O–H groups in total. The summed E-state index contributed by atoms with van der Waals surface area (Å²) in [5, 5.41) is 7.86. The second-order valence-electron chi connectivity index (χ2n) is 4.30. The first kappa shape index (κ1) is 13.6. The zero-order valence-electron chi connectivity index (χ0n) is 10.7. The van der Waals surface area contributed by atoms with Gasteiger partial charge in [0.2, 0.25) is 0 Å². The molecular weight excluding hydrogens is 230 g/mol. The van der Waals surface area contributed by atoms with E-state index in [1.165, 1.54) is 5.56 Å². The van der Waals surface area contributed by atoms with Crippen molar-refractivity contribution in [2.75, 3.05) is 0 Å². The summed E-state index contributed by atoms with van der Waals surface area (Å²) in [6.45, 7) is 8.08. The first-order valence-electron chi connectivity index (χ1n) is 5.67. The van der Waals surface area contributed by atoms with Crippen molar-refractivity contribution in [3.05, 3.63) is 35.4 Å². The number of hydrogen-bond acceptors (Lipinski definition) is 2. The van der Waals surface area contributed by atoms with Gasteiger partial charge in [0.15, 0.2) is 5.11 Å². The van der Waals surface area contributed by atoms with Gasteiger partial charge in [-0.3, -0.25) is 5.43 Å². The zero-order valence-corrected chi connectivity index (χ0v) is 11.6. The van der Waals surface area contributed by atoms with Gasteiger partial charge in [-0.05, 0) is 45.5 Å². The fourth-order valence-electron chi connectivity index (χ4n) is 1.29. The van der Waals surface area contributed by atoms with E-state index in [9.17, 15) is 0 Å². The van der Waals surface area contributed by atoms with Gasteiger partial charge in [-0.1, -0.05) is 29.8 Å². The Bertz CT molecular complexity index is 407. The number of nitrogens with one attached hydrogen (secondary N) is 2. The van der Waals surface area contributed by atoms with Gasteiger partial charge in [-0.25, -0.2) is 0 Å². The van der Waals surface area contributed by atoms with Crippen molar-refractivity contribution in [3.8, 4) is 0 Å². The lowest BCUT2D eigenvalue weighted by atomic mass is 10.1. The van der Waals surface area contributed by atoms with Crippen molar-refractivity contribution in [1.29, 1.82) is 0 Å². The van der Waals surface area contributed by atoms with Crippen LogP contribution in [0.4, 0.5) is 0 Å². The van der Waals surface area contributed by atoms with E-state index in [1.54, 1.807) is 0 Å². The van der Waals surface area contributed by atoms with Crippen LogP contribution in [0.2, 0.25) is 0 Å². The molecule has 0 amide bonds. The topological polar surface area (TPSA) is 36.4 Å². The predicted octanol–water partition coefficient (Wildman–Crippen LogP) is 2.59. The normalized spacial score (nSPS) is 11.5. The van der Waals surface area contributed by atoms with E-state index in [-0.39, 0.29) is 0 Å². The average molecular weight is 249 g/mol. The lowest BCUT2D eigenvalue weighted by Gasteiger charge is -2.10. The summed E-state index contributed by atoms with van der Waals surface area (Å²) >= 11 is 5.09. The van der Waals surface area contributed by atoms with E-state index in [0.717, 1.165) is 11.3 Å². The molecule has 1 aromatic carbocycles. The van der Waals surface area contributed by atoms with Gasteiger partial charge in [-0.15, -0.1) is 0 Å². The van der Waals surface area contributed by atoms with Gasteiger partial charge in [0.25, 0.3) is 0 Å². The fourth-order valence-corrected chi connectivity index (χ4v) is 1.57. The van der Waals surface area contributed by atoms with E-state index >= 15 is 0 Å². The molecule has 0 saturated heterocycles. The lowest BCUT2D eigenvalue weighted by Crippen LogP contribution is -2.37. The molecule has 0 unspecified atom stereocenters. The average Bonchev–Trinajstić information content (AvgIpc) is 2.26. The molecule has 4 heteroatoms. The molecule has 0 fully saturated rings. The number of aryl methyl sites for hydroxylation is 1. The predicted molar refractivity (Wildman–Crippen MR) is 77.4 cm³/mol. The van der Waals surface area contributed by atoms with Gasteiger partial charge in [0.1, 0.15) is 0 Å². The molecule has 0 aliphatic carbocycles. The highest BCUT2D eigenvalue weighted by atomic mass is 32.1. The van der Waals surface area contributed by atoms with E-state index in [0.29, 0.717) is 11.2 Å². The molecule has 0 aliphatic heterocycles. The number of rotatable bonds is 3. The smallest absolute Gasteiger partial charge is 0.187 e. The molecule has 1 rings (SSSR count). The molecule has 0 heterocycles. The van der Waals surface area contributed by atoms with Crippen LogP contribution in [0.1, 0.15) is 31.9 Å². The highest BCUT2D eigenvalue weighted by Gasteiger charge is 1.99. The van der Waals surface area contributed by atoms with Crippen LogP contribution < -0.4 is 10.7 Å². The molecule has 0 aliphatic rings. The van der Waals surface area contributed by atoms with Crippen LogP contribution in [0.5, 0.6) is 0 Å². The van der Waals surface area contributed by atoms with Crippen LogP contribution in [0, 0.1) is 6.92 Å². The molecule has 0 aromatic heterocycles. The molecule has 0 atom stereocenters. The molecule has 1 aromatic rings. The van der Waals surface area contributed by atoms with Crippen LogP contribution in [-0.2, 0) is 0 Å². The third-order valence-electron chi connectivity index (χ3n) is 2.21. The maximum atomic E-state index is 5.09. The van der Waals surface area contributed by atoms with Crippen LogP contribution >= 0.6 is 12.2 Å². The quantitative estimate of drug-likeness (QED) is 0.491. The van der Waals surface area contributed by atoms with Crippen molar-refractivity contribution >= 4 is 23.0 Å². The first-order valence-corrected chi connectivity index (χ1v) is 6.07. The second kappa shape index (κ2) is 6.35. The summed E-state index contributed by atoms with van der Waals surface area (Å²) in [4.78, 5) is 0. The summed E-state index contributed by atoms with van der Waals surface area (Å²) < 4.78 is 0. The molecule has 0 saturated carbocycles. The number of thiocarbonyl (C=S) groups is 1. The second-order valence-corrected chi connectivity index (χ2v) is 4.71. The van der Waals surface area contributed by atoms with Gasteiger partial charge >= 0.3 is 0 Å². The number of hydrazone groups is 1. The molecule has 17 heavy (non-hydrogen) atoms. The van der Waals surface area contributed by atoms with Gasteiger partial charge in [-0.2, -0.15) is 5.10 Å².